The molecule has 4 rings (SSSR count). The molecule has 1 aromatic carbocycles. The van der Waals surface area contributed by atoms with Gasteiger partial charge in [-0.1, -0.05) is 25.1 Å². The first-order valence-corrected chi connectivity index (χ1v) is 10.8. The van der Waals surface area contributed by atoms with Gasteiger partial charge >= 0.3 is 0 Å². The molecule has 6 heteroatoms. The lowest BCUT2D eigenvalue weighted by Gasteiger charge is -2.13. The number of thiophene rings is 1. The zero-order valence-electron chi connectivity index (χ0n) is 16.4. The van der Waals surface area contributed by atoms with Gasteiger partial charge in [0.1, 0.15) is 4.83 Å². The number of aryl methyl sites for hydroxylation is 5. The molecule has 2 aromatic heterocycles. The maximum Gasteiger partial charge on any atom is 0.262 e. The van der Waals surface area contributed by atoms with E-state index in [1.165, 1.54) is 16.9 Å². The van der Waals surface area contributed by atoms with Gasteiger partial charge in [-0.15, -0.1) is 11.3 Å². The van der Waals surface area contributed by atoms with Crippen LogP contribution in [0, 0.1) is 6.92 Å². The van der Waals surface area contributed by atoms with E-state index in [0.29, 0.717) is 6.54 Å². The Morgan fingerprint density at radius 1 is 1.29 bits per heavy atom. The Balaban J connectivity index is 1.52. The highest BCUT2D eigenvalue weighted by Crippen LogP contribution is 2.33. The summed E-state index contributed by atoms with van der Waals surface area (Å²) in [5.41, 5.74) is 4.25. The highest BCUT2D eigenvalue weighted by molar-refractivity contribution is 7.18. The second-order valence-electron chi connectivity index (χ2n) is 7.39. The average Bonchev–Trinajstić information content (AvgIpc) is 3.08. The fraction of sp³-hybridized carbons (Fsp3) is 0.409. The van der Waals surface area contributed by atoms with E-state index in [-0.39, 0.29) is 17.9 Å². The zero-order valence-corrected chi connectivity index (χ0v) is 17.2. The van der Waals surface area contributed by atoms with Gasteiger partial charge in [0.25, 0.3) is 5.56 Å². The molecule has 0 unspecified atom stereocenters. The Morgan fingerprint density at radius 2 is 2.11 bits per heavy atom. The van der Waals surface area contributed by atoms with E-state index < -0.39 is 0 Å². The van der Waals surface area contributed by atoms with Crippen LogP contribution in [0.3, 0.4) is 0 Å². The number of carbonyl (C=O) groups is 1. The Labute approximate surface area is 168 Å². The topological polar surface area (TPSA) is 64.0 Å². The van der Waals surface area contributed by atoms with Gasteiger partial charge in [-0.3, -0.25) is 14.2 Å². The zero-order chi connectivity index (χ0) is 19.7. The number of hydrogen-bond donors (Lipinski definition) is 1. The molecule has 5 nitrogen and oxygen atoms in total. The molecule has 1 amide bonds. The van der Waals surface area contributed by atoms with Crippen molar-refractivity contribution in [3.63, 3.8) is 0 Å². The lowest BCUT2D eigenvalue weighted by molar-refractivity contribution is -0.116. The van der Waals surface area contributed by atoms with Gasteiger partial charge in [0.15, 0.2) is 0 Å². The number of hydrogen-bond acceptors (Lipinski definition) is 4. The maximum absolute atomic E-state index is 13.0. The van der Waals surface area contributed by atoms with E-state index in [0.717, 1.165) is 52.7 Å². The third kappa shape index (κ3) is 3.49. The van der Waals surface area contributed by atoms with Crippen LogP contribution < -0.4 is 10.9 Å². The van der Waals surface area contributed by atoms with Crippen LogP contribution in [0.4, 0.5) is 5.69 Å². The highest BCUT2D eigenvalue weighted by atomic mass is 32.1. The van der Waals surface area contributed by atoms with Crippen LogP contribution in [0.15, 0.2) is 29.3 Å². The Hall–Kier alpha value is -2.47. The molecule has 2 heterocycles. The predicted molar refractivity (Wildman–Crippen MR) is 114 cm³/mol. The van der Waals surface area contributed by atoms with E-state index in [4.69, 9.17) is 0 Å². The van der Waals surface area contributed by atoms with Crippen LogP contribution >= 0.6 is 11.3 Å². The standard InChI is InChI=1S/C22H25N3O2S/c1-3-15-8-6-7-14(2)20(15)24-18(26)11-12-25-13-23-21-19(22(25)27)16-9-4-5-10-17(16)28-21/h6-8,13H,3-5,9-12H2,1-2H3,(H,24,26). The third-order valence-corrected chi connectivity index (χ3v) is 6.73. The summed E-state index contributed by atoms with van der Waals surface area (Å²) in [7, 11) is 0. The molecular formula is C22H25N3O2S. The third-order valence-electron chi connectivity index (χ3n) is 5.53. The van der Waals surface area contributed by atoms with Gasteiger partial charge in [0, 0.05) is 23.5 Å². The number of amides is 1. The number of nitrogens with one attached hydrogen (secondary N) is 1. The summed E-state index contributed by atoms with van der Waals surface area (Å²) in [6.07, 6.45) is 7.03. The molecule has 0 saturated heterocycles. The molecule has 0 saturated carbocycles. The van der Waals surface area contributed by atoms with E-state index in [2.05, 4.69) is 17.2 Å². The minimum Gasteiger partial charge on any atom is -0.326 e. The van der Waals surface area contributed by atoms with Crippen molar-refractivity contribution in [1.29, 1.82) is 0 Å². The number of para-hydroxylation sites is 1. The number of nitrogens with zero attached hydrogens (tertiary/aromatic N) is 2. The van der Waals surface area contributed by atoms with E-state index in [1.807, 2.05) is 25.1 Å². The minimum atomic E-state index is -0.0802. The van der Waals surface area contributed by atoms with Crippen LogP contribution in [0.2, 0.25) is 0 Å². The number of fused-ring (bicyclic) bond motifs is 3. The Morgan fingerprint density at radius 3 is 2.93 bits per heavy atom. The summed E-state index contributed by atoms with van der Waals surface area (Å²) >= 11 is 1.65. The van der Waals surface area contributed by atoms with Gasteiger partial charge < -0.3 is 5.32 Å². The Bertz CT molecular complexity index is 1100. The minimum absolute atomic E-state index is 0.0117. The SMILES string of the molecule is CCc1cccc(C)c1NC(=O)CCn1cnc2sc3c(c2c1=O)CCCC3. The summed E-state index contributed by atoms with van der Waals surface area (Å²) in [5, 5.41) is 3.80. The summed E-state index contributed by atoms with van der Waals surface area (Å²) in [5.74, 6) is -0.0802. The fourth-order valence-electron chi connectivity index (χ4n) is 3.97. The molecule has 0 radical (unpaired) electrons. The normalized spacial score (nSPS) is 13.5. The van der Waals surface area contributed by atoms with Crippen molar-refractivity contribution < 1.29 is 4.79 Å². The van der Waals surface area contributed by atoms with Gasteiger partial charge in [-0.05, 0) is 55.7 Å². The first-order chi connectivity index (χ1) is 13.6. The molecule has 1 N–H and O–H groups in total. The van der Waals surface area contributed by atoms with Crippen molar-refractivity contribution in [1.82, 2.24) is 9.55 Å². The number of benzene rings is 1. The van der Waals surface area contributed by atoms with Crippen LogP contribution in [-0.4, -0.2) is 15.5 Å². The summed E-state index contributed by atoms with van der Waals surface area (Å²) < 4.78 is 1.59. The van der Waals surface area contributed by atoms with Gasteiger partial charge in [0.2, 0.25) is 5.91 Å². The van der Waals surface area contributed by atoms with E-state index in [9.17, 15) is 9.59 Å². The van der Waals surface area contributed by atoms with Gasteiger partial charge in [-0.25, -0.2) is 4.98 Å². The fourth-order valence-corrected chi connectivity index (χ4v) is 5.19. The molecule has 1 aliphatic carbocycles. The molecule has 0 fully saturated rings. The molecule has 146 valence electrons. The van der Waals surface area contributed by atoms with Crippen LogP contribution in [0.5, 0.6) is 0 Å². The van der Waals surface area contributed by atoms with Crippen LogP contribution in [-0.2, 0) is 30.6 Å². The van der Waals surface area contributed by atoms with Crippen molar-refractivity contribution in [3.05, 3.63) is 56.4 Å². The van der Waals surface area contributed by atoms with E-state index in [1.54, 1.807) is 22.2 Å². The second kappa shape index (κ2) is 7.87. The van der Waals surface area contributed by atoms with Crippen molar-refractivity contribution in [3.8, 4) is 0 Å². The first kappa shape index (κ1) is 18.9. The van der Waals surface area contributed by atoms with Crippen LogP contribution in [0.1, 0.15) is 47.8 Å². The summed E-state index contributed by atoms with van der Waals surface area (Å²) in [6.45, 7) is 4.41. The number of aromatic nitrogens is 2. The van der Waals surface area contributed by atoms with Crippen molar-refractivity contribution in [2.75, 3.05) is 5.32 Å². The molecule has 28 heavy (non-hydrogen) atoms. The molecule has 0 bridgehead atoms. The largest absolute Gasteiger partial charge is 0.326 e. The molecule has 0 spiro atoms. The maximum atomic E-state index is 13.0. The molecular weight excluding hydrogens is 370 g/mol. The molecule has 0 atom stereocenters. The summed E-state index contributed by atoms with van der Waals surface area (Å²) in [6, 6.07) is 6.04. The number of anilines is 1. The average molecular weight is 396 g/mol. The lowest BCUT2D eigenvalue weighted by Crippen LogP contribution is -2.24. The van der Waals surface area contributed by atoms with Gasteiger partial charge in [-0.2, -0.15) is 0 Å². The number of carbonyl (C=O) groups excluding carboxylic acids is 1. The lowest BCUT2D eigenvalue weighted by atomic mass is 9.97. The second-order valence-corrected chi connectivity index (χ2v) is 8.48. The van der Waals surface area contributed by atoms with Gasteiger partial charge in [0.05, 0.1) is 11.7 Å². The monoisotopic (exact) mass is 395 g/mol. The smallest absolute Gasteiger partial charge is 0.262 e. The predicted octanol–water partition coefficient (Wildman–Crippen LogP) is 4.24. The summed E-state index contributed by atoms with van der Waals surface area (Å²) in [4.78, 5) is 32.2. The quantitative estimate of drug-likeness (QED) is 0.703. The van der Waals surface area contributed by atoms with Crippen molar-refractivity contribution >= 4 is 33.1 Å². The first-order valence-electron chi connectivity index (χ1n) is 9.96. The Kier molecular flexibility index (Phi) is 5.31. The highest BCUT2D eigenvalue weighted by Gasteiger charge is 2.20. The van der Waals surface area contributed by atoms with Crippen molar-refractivity contribution in [2.45, 2.75) is 58.9 Å². The van der Waals surface area contributed by atoms with E-state index >= 15 is 0 Å². The molecule has 1 aliphatic rings. The molecule has 3 aromatic rings. The van der Waals surface area contributed by atoms with Crippen LogP contribution in [0.25, 0.3) is 10.2 Å². The number of rotatable bonds is 5. The van der Waals surface area contributed by atoms with Crippen molar-refractivity contribution in [2.24, 2.45) is 0 Å². The molecule has 0 aliphatic heterocycles.